The predicted octanol–water partition coefficient (Wildman–Crippen LogP) is 3.40. The number of halogens is 1. The normalized spacial score (nSPS) is 13.6. The molecule has 1 aliphatic rings. The number of hydrogen-bond donors (Lipinski definition) is 1. The quantitative estimate of drug-likeness (QED) is 0.353. The lowest BCUT2D eigenvalue weighted by atomic mass is 10.2. The van der Waals surface area contributed by atoms with Crippen LogP contribution in [0.25, 0.3) is 5.82 Å². The van der Waals surface area contributed by atoms with E-state index in [1.807, 2.05) is 11.0 Å². The highest BCUT2D eigenvalue weighted by Gasteiger charge is 2.28. The molecule has 1 aromatic carbocycles. The van der Waals surface area contributed by atoms with Gasteiger partial charge in [-0.25, -0.2) is 9.67 Å². The van der Waals surface area contributed by atoms with E-state index in [0.29, 0.717) is 53.9 Å². The van der Waals surface area contributed by atoms with Gasteiger partial charge in [0.2, 0.25) is 5.82 Å². The minimum Gasteiger partial charge on any atom is -0.497 e. The summed E-state index contributed by atoms with van der Waals surface area (Å²) in [5.74, 6) is 1.85. The number of benzene rings is 1. The minimum atomic E-state index is -0.409. The molecular weight excluding hydrogens is 496 g/mol. The molecule has 1 N–H and O–H groups in total. The Morgan fingerprint density at radius 1 is 1.21 bits per heavy atom. The van der Waals surface area contributed by atoms with Gasteiger partial charge in [0.1, 0.15) is 21.8 Å². The van der Waals surface area contributed by atoms with E-state index in [4.69, 9.17) is 14.2 Å². The molecule has 1 saturated heterocycles. The highest BCUT2D eigenvalue weighted by Crippen LogP contribution is 2.37. The van der Waals surface area contributed by atoms with Crippen molar-refractivity contribution >= 4 is 33.1 Å². The van der Waals surface area contributed by atoms with Crippen molar-refractivity contribution in [3.8, 4) is 17.3 Å². The summed E-state index contributed by atoms with van der Waals surface area (Å²) in [6.45, 7) is 2.33. The number of hydrogen-bond acceptors (Lipinski definition) is 9. The Bertz CT molecular complexity index is 1150. The summed E-state index contributed by atoms with van der Waals surface area (Å²) < 4.78 is 18.3. The fraction of sp³-hybridized carbons (Fsp3) is 0.333. The van der Waals surface area contributed by atoms with Crippen LogP contribution in [0.1, 0.15) is 5.56 Å². The fourth-order valence-corrected chi connectivity index (χ4v) is 3.87. The molecule has 0 aliphatic carbocycles. The van der Waals surface area contributed by atoms with Crippen LogP contribution in [0.2, 0.25) is 0 Å². The second-order valence-electron chi connectivity index (χ2n) is 7.17. The van der Waals surface area contributed by atoms with E-state index >= 15 is 0 Å². The maximum absolute atomic E-state index is 12.2. The van der Waals surface area contributed by atoms with E-state index in [9.17, 15) is 10.1 Å². The summed E-state index contributed by atoms with van der Waals surface area (Å²) in [5.41, 5.74) is 1.16. The molecular formula is C21H23BrN6O5. The van der Waals surface area contributed by atoms with Crippen molar-refractivity contribution in [1.29, 1.82) is 0 Å². The molecule has 0 radical (unpaired) electrons. The minimum absolute atomic E-state index is 0.0978. The second kappa shape index (κ2) is 10.0. The maximum atomic E-state index is 12.2. The van der Waals surface area contributed by atoms with Gasteiger partial charge in [-0.15, -0.1) is 0 Å². The van der Waals surface area contributed by atoms with E-state index in [2.05, 4.69) is 31.3 Å². The van der Waals surface area contributed by atoms with Crippen molar-refractivity contribution in [3.63, 3.8) is 0 Å². The zero-order valence-electron chi connectivity index (χ0n) is 18.2. The molecule has 1 aliphatic heterocycles. The Hall–Kier alpha value is -3.38. The monoisotopic (exact) mass is 518 g/mol. The summed E-state index contributed by atoms with van der Waals surface area (Å²) in [5, 5.41) is 19.6. The van der Waals surface area contributed by atoms with E-state index in [-0.39, 0.29) is 18.1 Å². The van der Waals surface area contributed by atoms with E-state index in [1.54, 1.807) is 49.4 Å². The zero-order valence-corrected chi connectivity index (χ0v) is 19.7. The van der Waals surface area contributed by atoms with Gasteiger partial charge < -0.3 is 24.4 Å². The van der Waals surface area contributed by atoms with Crippen molar-refractivity contribution in [1.82, 2.24) is 14.8 Å². The standard InChI is InChI=1S/C21H23BrN6O5/c1-31-15-4-3-14(17(11-15)32-2)13-23-21-20(28(29)30)16(26-7-9-33-10-8-26)12-19(24-21)27-6-5-18(22)25-27/h3-6,11-12H,7-10,13H2,1-2H3,(H,23,24). The van der Waals surface area contributed by atoms with Crippen LogP contribution in [0.3, 0.4) is 0 Å². The Balaban J connectivity index is 1.76. The van der Waals surface area contributed by atoms with Gasteiger partial charge in [0.05, 0.1) is 32.4 Å². The lowest BCUT2D eigenvalue weighted by Crippen LogP contribution is -2.36. The topological polar surface area (TPSA) is 117 Å². The number of nitrogens with zero attached hydrogens (tertiary/aromatic N) is 5. The number of anilines is 2. The number of methoxy groups -OCH3 is 2. The van der Waals surface area contributed by atoms with Gasteiger partial charge >= 0.3 is 5.69 Å². The van der Waals surface area contributed by atoms with Gasteiger partial charge in [-0.1, -0.05) is 0 Å². The molecule has 4 rings (SSSR count). The van der Waals surface area contributed by atoms with Crippen LogP contribution in [0.15, 0.2) is 41.1 Å². The van der Waals surface area contributed by atoms with Crippen molar-refractivity contribution in [2.24, 2.45) is 0 Å². The van der Waals surface area contributed by atoms with E-state index < -0.39 is 4.92 Å². The van der Waals surface area contributed by atoms with Crippen LogP contribution in [0.4, 0.5) is 17.2 Å². The number of pyridine rings is 1. The summed E-state index contributed by atoms with van der Waals surface area (Å²) in [7, 11) is 3.14. The van der Waals surface area contributed by atoms with Crippen LogP contribution in [0, 0.1) is 10.1 Å². The predicted molar refractivity (Wildman–Crippen MR) is 126 cm³/mol. The zero-order chi connectivity index (χ0) is 23.4. The van der Waals surface area contributed by atoms with Crippen LogP contribution in [-0.2, 0) is 11.3 Å². The van der Waals surface area contributed by atoms with Gasteiger partial charge in [0.25, 0.3) is 0 Å². The SMILES string of the molecule is COc1ccc(CNc2nc(-n3ccc(Br)n3)cc(N3CCOCC3)c2[N+](=O)[O-])c(OC)c1. The van der Waals surface area contributed by atoms with Crippen LogP contribution in [-0.4, -0.2) is 60.2 Å². The Morgan fingerprint density at radius 2 is 2.00 bits per heavy atom. The average Bonchev–Trinajstić information content (AvgIpc) is 3.28. The maximum Gasteiger partial charge on any atom is 0.334 e. The molecule has 0 atom stereocenters. The molecule has 0 saturated carbocycles. The second-order valence-corrected chi connectivity index (χ2v) is 7.98. The third-order valence-electron chi connectivity index (χ3n) is 5.23. The molecule has 11 nitrogen and oxygen atoms in total. The van der Waals surface area contributed by atoms with Crippen LogP contribution in [0.5, 0.6) is 11.5 Å². The van der Waals surface area contributed by atoms with Gasteiger partial charge in [0, 0.05) is 43.5 Å². The first kappa shape index (κ1) is 22.8. The third-order valence-corrected chi connectivity index (χ3v) is 5.65. The summed E-state index contributed by atoms with van der Waals surface area (Å²) in [4.78, 5) is 18.2. The molecule has 12 heteroatoms. The van der Waals surface area contributed by atoms with E-state index in [1.165, 1.54) is 0 Å². The summed E-state index contributed by atoms with van der Waals surface area (Å²) >= 11 is 3.34. The van der Waals surface area contributed by atoms with Crippen molar-refractivity contribution in [2.45, 2.75) is 6.54 Å². The fourth-order valence-electron chi connectivity index (χ4n) is 3.58. The molecule has 174 valence electrons. The molecule has 0 unspecified atom stereocenters. The summed E-state index contributed by atoms with van der Waals surface area (Å²) in [6, 6.07) is 8.86. The lowest BCUT2D eigenvalue weighted by molar-refractivity contribution is -0.383. The molecule has 2 aromatic heterocycles. The number of morpholine rings is 1. The van der Waals surface area contributed by atoms with E-state index in [0.717, 1.165) is 5.56 Å². The van der Waals surface area contributed by atoms with Crippen LogP contribution >= 0.6 is 15.9 Å². The largest absolute Gasteiger partial charge is 0.497 e. The average molecular weight is 519 g/mol. The molecule has 0 bridgehead atoms. The number of aromatic nitrogens is 3. The first-order valence-corrected chi connectivity index (χ1v) is 11.0. The molecule has 1 fully saturated rings. The van der Waals surface area contributed by atoms with Gasteiger partial charge in [0.15, 0.2) is 5.82 Å². The number of ether oxygens (including phenoxy) is 3. The van der Waals surface area contributed by atoms with Gasteiger partial charge in [-0.05, 0) is 34.1 Å². The smallest absolute Gasteiger partial charge is 0.334 e. The molecule has 0 spiro atoms. The van der Waals surface area contributed by atoms with Crippen molar-refractivity contribution in [3.05, 3.63) is 56.8 Å². The first-order valence-electron chi connectivity index (χ1n) is 10.2. The van der Waals surface area contributed by atoms with Crippen molar-refractivity contribution < 1.29 is 19.1 Å². The highest BCUT2D eigenvalue weighted by molar-refractivity contribution is 9.10. The third kappa shape index (κ3) is 5.01. The first-order chi connectivity index (χ1) is 16.0. The Kier molecular flexibility index (Phi) is 6.94. The van der Waals surface area contributed by atoms with Gasteiger partial charge in [-0.2, -0.15) is 5.10 Å². The van der Waals surface area contributed by atoms with Crippen molar-refractivity contribution in [2.75, 3.05) is 50.7 Å². The Labute approximate surface area is 198 Å². The number of nitrogens with one attached hydrogen (secondary N) is 1. The molecule has 0 amide bonds. The lowest BCUT2D eigenvalue weighted by Gasteiger charge is -2.29. The number of rotatable bonds is 8. The van der Waals surface area contributed by atoms with Crippen LogP contribution < -0.4 is 19.7 Å². The molecule has 33 heavy (non-hydrogen) atoms. The molecule has 3 heterocycles. The van der Waals surface area contributed by atoms with Gasteiger partial charge in [-0.3, -0.25) is 10.1 Å². The highest BCUT2D eigenvalue weighted by atomic mass is 79.9. The number of nitro groups is 1. The molecule has 3 aromatic rings. The Morgan fingerprint density at radius 3 is 2.64 bits per heavy atom. The summed E-state index contributed by atoms with van der Waals surface area (Å²) in [6.07, 6.45) is 1.73.